The number of anilines is 1. The van der Waals surface area contributed by atoms with E-state index in [2.05, 4.69) is 36.2 Å². The predicted molar refractivity (Wildman–Crippen MR) is 118 cm³/mol. The van der Waals surface area contributed by atoms with E-state index >= 15 is 0 Å². The summed E-state index contributed by atoms with van der Waals surface area (Å²) in [6, 6.07) is 19.2. The second kappa shape index (κ2) is 9.11. The zero-order valence-electron chi connectivity index (χ0n) is 15.3. The molecule has 0 aliphatic heterocycles. The Morgan fingerprint density at radius 1 is 1.14 bits per heavy atom. The number of hydrogen-bond donors (Lipinski definition) is 2. The van der Waals surface area contributed by atoms with Crippen LogP contribution in [0.15, 0.2) is 76.5 Å². The molecule has 0 bridgehead atoms. The lowest BCUT2D eigenvalue weighted by molar-refractivity contribution is -0.113. The van der Waals surface area contributed by atoms with Crippen LogP contribution in [0.1, 0.15) is 5.56 Å². The van der Waals surface area contributed by atoms with Crippen LogP contribution in [0.5, 0.6) is 5.75 Å². The molecular weight excluding hydrogens is 452 g/mol. The number of halogens is 1. The maximum Gasteiger partial charge on any atom is 0.234 e. The Balaban J connectivity index is 1.27. The number of imidazole rings is 1. The summed E-state index contributed by atoms with van der Waals surface area (Å²) in [5, 5.41) is 3.53. The van der Waals surface area contributed by atoms with E-state index in [-0.39, 0.29) is 11.7 Å². The average molecular weight is 469 g/mol. The van der Waals surface area contributed by atoms with E-state index in [9.17, 15) is 4.79 Å². The van der Waals surface area contributed by atoms with Gasteiger partial charge < -0.3 is 15.0 Å². The highest BCUT2D eigenvalue weighted by molar-refractivity contribution is 9.10. The molecule has 0 saturated heterocycles. The van der Waals surface area contributed by atoms with E-state index in [0.717, 1.165) is 27.0 Å². The number of ether oxygens (including phenoxy) is 1. The first kappa shape index (κ1) is 19.5. The SMILES string of the molecule is O=C(CSc1nc2ncc(Br)cc2[nH]1)Nc1ccc(OCc2ccccc2)cc1. The van der Waals surface area contributed by atoms with Crippen LogP contribution in [0.2, 0.25) is 0 Å². The van der Waals surface area contributed by atoms with Gasteiger partial charge in [0.1, 0.15) is 12.4 Å². The molecule has 4 rings (SSSR count). The summed E-state index contributed by atoms with van der Waals surface area (Å²) in [7, 11) is 0. The second-order valence-corrected chi connectivity index (χ2v) is 8.08. The monoisotopic (exact) mass is 468 g/mol. The molecule has 2 N–H and O–H groups in total. The second-order valence-electron chi connectivity index (χ2n) is 6.20. The minimum atomic E-state index is -0.109. The maximum absolute atomic E-state index is 12.2. The molecule has 0 saturated carbocycles. The molecular formula is C21H17BrN4O2S. The summed E-state index contributed by atoms with van der Waals surface area (Å²) in [4.78, 5) is 24.0. The molecule has 0 atom stereocenters. The van der Waals surface area contributed by atoms with E-state index in [4.69, 9.17) is 4.74 Å². The topological polar surface area (TPSA) is 79.9 Å². The summed E-state index contributed by atoms with van der Waals surface area (Å²) in [5.74, 6) is 0.887. The number of amides is 1. The Morgan fingerprint density at radius 3 is 2.72 bits per heavy atom. The fourth-order valence-corrected chi connectivity index (χ4v) is 3.63. The molecule has 2 aromatic heterocycles. The van der Waals surface area contributed by atoms with Gasteiger partial charge in [0, 0.05) is 16.4 Å². The van der Waals surface area contributed by atoms with Crippen molar-refractivity contribution in [2.45, 2.75) is 11.8 Å². The Labute approximate surface area is 180 Å². The van der Waals surface area contributed by atoms with Crippen molar-refractivity contribution >= 4 is 50.5 Å². The molecule has 0 spiro atoms. The van der Waals surface area contributed by atoms with E-state index in [0.29, 0.717) is 17.4 Å². The lowest BCUT2D eigenvalue weighted by Crippen LogP contribution is -2.14. The average Bonchev–Trinajstić information content (AvgIpc) is 3.14. The van der Waals surface area contributed by atoms with Crippen LogP contribution < -0.4 is 10.1 Å². The van der Waals surface area contributed by atoms with Gasteiger partial charge in [-0.3, -0.25) is 4.79 Å². The van der Waals surface area contributed by atoms with Crippen LogP contribution in [0.25, 0.3) is 11.2 Å². The fraction of sp³-hybridized carbons (Fsp3) is 0.0952. The van der Waals surface area contributed by atoms with E-state index < -0.39 is 0 Å². The molecule has 4 aromatic rings. The molecule has 1 amide bonds. The lowest BCUT2D eigenvalue weighted by atomic mass is 10.2. The van der Waals surface area contributed by atoms with Gasteiger partial charge in [0.2, 0.25) is 5.91 Å². The third-order valence-electron chi connectivity index (χ3n) is 4.01. The molecule has 29 heavy (non-hydrogen) atoms. The van der Waals surface area contributed by atoms with Crippen LogP contribution in [-0.4, -0.2) is 26.6 Å². The number of carbonyl (C=O) groups is 1. The van der Waals surface area contributed by atoms with Crippen molar-refractivity contribution in [3.63, 3.8) is 0 Å². The van der Waals surface area contributed by atoms with Crippen LogP contribution >= 0.6 is 27.7 Å². The molecule has 146 valence electrons. The molecule has 6 nitrogen and oxygen atoms in total. The standard InChI is InChI=1S/C21H17BrN4O2S/c22-15-10-18-20(23-11-15)26-21(25-18)29-13-19(27)24-16-6-8-17(9-7-16)28-12-14-4-2-1-3-5-14/h1-11H,12-13H2,(H,24,27)(H,23,25,26). The molecule has 0 radical (unpaired) electrons. The minimum absolute atomic E-state index is 0.109. The van der Waals surface area contributed by atoms with Gasteiger partial charge in [0.25, 0.3) is 0 Å². The molecule has 0 aliphatic carbocycles. The molecule has 2 heterocycles. The number of nitrogens with one attached hydrogen (secondary N) is 2. The highest BCUT2D eigenvalue weighted by Crippen LogP contribution is 2.21. The van der Waals surface area contributed by atoms with Gasteiger partial charge in [-0.05, 0) is 51.8 Å². The number of hydrogen-bond acceptors (Lipinski definition) is 5. The van der Waals surface area contributed by atoms with Crippen LogP contribution in [0, 0.1) is 0 Å². The first-order valence-corrected chi connectivity index (χ1v) is 10.6. The number of thioether (sulfide) groups is 1. The minimum Gasteiger partial charge on any atom is -0.489 e. The van der Waals surface area contributed by atoms with Crippen LogP contribution in [0.4, 0.5) is 5.69 Å². The number of carbonyl (C=O) groups excluding carboxylic acids is 1. The van der Waals surface area contributed by atoms with E-state index in [1.807, 2.05) is 60.7 Å². The first-order valence-electron chi connectivity index (χ1n) is 8.86. The van der Waals surface area contributed by atoms with Crippen molar-refractivity contribution in [1.29, 1.82) is 0 Å². The van der Waals surface area contributed by atoms with Gasteiger partial charge >= 0.3 is 0 Å². The lowest BCUT2D eigenvalue weighted by Gasteiger charge is -2.08. The molecule has 0 fully saturated rings. The maximum atomic E-state index is 12.2. The Hall–Kier alpha value is -2.84. The molecule has 0 aliphatic rings. The van der Waals surface area contributed by atoms with Gasteiger partial charge in [-0.15, -0.1) is 0 Å². The van der Waals surface area contributed by atoms with Crippen molar-refractivity contribution in [2.24, 2.45) is 0 Å². The summed E-state index contributed by atoms with van der Waals surface area (Å²) in [6.45, 7) is 0.506. The van der Waals surface area contributed by atoms with E-state index in [1.54, 1.807) is 6.20 Å². The number of H-pyrrole nitrogens is 1. The number of nitrogens with zero attached hydrogens (tertiary/aromatic N) is 2. The van der Waals surface area contributed by atoms with Crippen molar-refractivity contribution in [3.8, 4) is 5.75 Å². The third-order valence-corrected chi connectivity index (χ3v) is 5.32. The number of rotatable bonds is 7. The number of aromatic amines is 1. The predicted octanol–water partition coefficient (Wildman–Crippen LogP) is 5.03. The first-order chi connectivity index (χ1) is 14.2. The van der Waals surface area contributed by atoms with Gasteiger partial charge in [-0.2, -0.15) is 0 Å². The highest BCUT2D eigenvalue weighted by Gasteiger charge is 2.09. The highest BCUT2D eigenvalue weighted by atomic mass is 79.9. The summed E-state index contributed by atoms with van der Waals surface area (Å²) < 4.78 is 6.63. The van der Waals surface area contributed by atoms with Crippen molar-refractivity contribution in [2.75, 3.05) is 11.1 Å². The van der Waals surface area contributed by atoms with Crippen LogP contribution in [-0.2, 0) is 11.4 Å². The number of fused-ring (bicyclic) bond motifs is 1. The van der Waals surface area contributed by atoms with Crippen LogP contribution in [0.3, 0.4) is 0 Å². The molecule has 0 unspecified atom stereocenters. The van der Waals surface area contributed by atoms with E-state index in [1.165, 1.54) is 11.8 Å². The van der Waals surface area contributed by atoms with Gasteiger partial charge in [-0.1, -0.05) is 42.1 Å². The number of aromatic nitrogens is 3. The smallest absolute Gasteiger partial charge is 0.234 e. The fourth-order valence-electron chi connectivity index (χ4n) is 2.63. The Morgan fingerprint density at radius 2 is 1.93 bits per heavy atom. The zero-order valence-corrected chi connectivity index (χ0v) is 17.7. The van der Waals surface area contributed by atoms with Crippen molar-refractivity contribution < 1.29 is 9.53 Å². The zero-order chi connectivity index (χ0) is 20.1. The normalized spacial score (nSPS) is 10.8. The third kappa shape index (κ3) is 5.36. The van der Waals surface area contributed by atoms with Gasteiger partial charge in [0.05, 0.1) is 11.3 Å². The van der Waals surface area contributed by atoms with Gasteiger partial charge in [-0.25, -0.2) is 9.97 Å². The van der Waals surface area contributed by atoms with Crippen molar-refractivity contribution in [1.82, 2.24) is 15.0 Å². The number of benzene rings is 2. The largest absolute Gasteiger partial charge is 0.489 e. The molecule has 2 aromatic carbocycles. The van der Waals surface area contributed by atoms with Gasteiger partial charge in [0.15, 0.2) is 10.8 Å². The summed E-state index contributed by atoms with van der Waals surface area (Å²) in [5.41, 5.74) is 3.28. The quantitative estimate of drug-likeness (QED) is 0.371. The number of pyridine rings is 1. The summed E-state index contributed by atoms with van der Waals surface area (Å²) >= 11 is 4.71. The molecule has 8 heteroatoms. The summed E-state index contributed by atoms with van der Waals surface area (Å²) in [6.07, 6.45) is 1.69. The van der Waals surface area contributed by atoms with Crippen molar-refractivity contribution in [3.05, 3.63) is 76.9 Å². The Bertz CT molecular complexity index is 1120. The Kier molecular flexibility index (Phi) is 6.12.